The van der Waals surface area contributed by atoms with Crippen LogP contribution in [0.25, 0.3) is 11.1 Å². The van der Waals surface area contributed by atoms with Crippen molar-refractivity contribution in [3.63, 3.8) is 0 Å². The van der Waals surface area contributed by atoms with E-state index in [0.717, 1.165) is 53.1 Å². The van der Waals surface area contributed by atoms with Gasteiger partial charge in [0.25, 0.3) is 11.8 Å². The third kappa shape index (κ3) is 5.54. The summed E-state index contributed by atoms with van der Waals surface area (Å²) >= 11 is 1.83. The van der Waals surface area contributed by atoms with Crippen molar-refractivity contribution in [2.24, 2.45) is 4.99 Å². The Morgan fingerprint density at radius 2 is 1.68 bits per heavy atom. The number of nitrogens with zero attached hydrogens (tertiary/aromatic N) is 3. The molecule has 1 N–H and O–H groups in total. The van der Waals surface area contributed by atoms with Gasteiger partial charge in [0.05, 0.1) is 0 Å². The molecule has 196 valence electrons. The average molecular weight is 527 g/mol. The second-order valence-electron chi connectivity index (χ2n) is 10.2. The van der Waals surface area contributed by atoms with E-state index in [0.29, 0.717) is 18.7 Å². The van der Waals surface area contributed by atoms with Gasteiger partial charge in [0, 0.05) is 44.1 Å². The first kappa shape index (κ1) is 26.2. The van der Waals surface area contributed by atoms with Gasteiger partial charge in [-0.3, -0.25) is 18.9 Å². The van der Waals surface area contributed by atoms with Crippen molar-refractivity contribution in [3.05, 3.63) is 95.1 Å². The van der Waals surface area contributed by atoms with Crippen molar-refractivity contribution >= 4 is 29.6 Å². The van der Waals surface area contributed by atoms with E-state index < -0.39 is 5.54 Å². The number of nitrogens with one attached hydrogen (secondary N) is 1. The second kappa shape index (κ2) is 11.1. The molecule has 2 aliphatic rings. The highest BCUT2D eigenvalue weighted by Crippen LogP contribution is 2.34. The molecule has 1 fully saturated rings. The minimum Gasteiger partial charge on any atom is -0.345 e. The molecule has 3 aromatic rings. The molecular formula is C31H34N4O2S. The van der Waals surface area contributed by atoms with Gasteiger partial charge in [-0.15, -0.1) is 0 Å². The first-order chi connectivity index (χ1) is 18.3. The molecule has 0 aliphatic carbocycles. The fourth-order valence-electron chi connectivity index (χ4n) is 5.11. The van der Waals surface area contributed by atoms with Crippen LogP contribution in [-0.4, -0.2) is 65.3 Å². The minimum atomic E-state index is -0.666. The SMILES string of the molecule is Cc1cc(C(=O)N(C)C)ccc1CCSN1CCC2(CC1)N=C(c1cccc(-c3ccccc3)c1)NC2=O. The number of aliphatic imine (C=N–C) groups is 1. The predicted molar refractivity (Wildman–Crippen MR) is 155 cm³/mol. The van der Waals surface area contributed by atoms with Crippen LogP contribution in [0, 0.1) is 6.92 Å². The maximum absolute atomic E-state index is 13.1. The number of hydrogen-bond donors (Lipinski definition) is 1. The van der Waals surface area contributed by atoms with Crippen LogP contribution in [0.3, 0.4) is 0 Å². The maximum Gasteiger partial charge on any atom is 0.253 e. The van der Waals surface area contributed by atoms with Crippen molar-refractivity contribution in [1.29, 1.82) is 0 Å². The van der Waals surface area contributed by atoms with Gasteiger partial charge >= 0.3 is 0 Å². The first-order valence-corrected chi connectivity index (χ1v) is 14.1. The molecular weight excluding hydrogens is 492 g/mol. The van der Waals surface area contributed by atoms with Crippen LogP contribution in [-0.2, 0) is 11.2 Å². The van der Waals surface area contributed by atoms with E-state index in [1.165, 1.54) is 5.56 Å². The zero-order chi connectivity index (χ0) is 26.7. The Morgan fingerprint density at radius 1 is 0.974 bits per heavy atom. The summed E-state index contributed by atoms with van der Waals surface area (Å²) in [7, 11) is 3.55. The van der Waals surface area contributed by atoms with E-state index in [-0.39, 0.29) is 11.8 Å². The Bertz CT molecular complexity index is 1360. The highest BCUT2D eigenvalue weighted by molar-refractivity contribution is 7.97. The smallest absolute Gasteiger partial charge is 0.253 e. The van der Waals surface area contributed by atoms with E-state index in [1.807, 2.05) is 54.4 Å². The number of amides is 2. The quantitative estimate of drug-likeness (QED) is 0.442. The Kier molecular flexibility index (Phi) is 7.68. The van der Waals surface area contributed by atoms with Gasteiger partial charge in [0.15, 0.2) is 0 Å². The van der Waals surface area contributed by atoms with Crippen molar-refractivity contribution in [1.82, 2.24) is 14.5 Å². The topological polar surface area (TPSA) is 65.0 Å². The predicted octanol–water partition coefficient (Wildman–Crippen LogP) is 4.97. The van der Waals surface area contributed by atoms with Crippen LogP contribution in [0.2, 0.25) is 0 Å². The third-order valence-corrected chi connectivity index (χ3v) is 8.53. The molecule has 2 heterocycles. The summed E-state index contributed by atoms with van der Waals surface area (Å²) in [6, 6.07) is 24.4. The minimum absolute atomic E-state index is 0.0188. The number of rotatable bonds is 7. The zero-order valence-electron chi connectivity index (χ0n) is 22.2. The number of amidine groups is 1. The van der Waals surface area contributed by atoms with Crippen molar-refractivity contribution in [3.8, 4) is 11.1 Å². The Hall–Kier alpha value is -3.42. The van der Waals surface area contributed by atoms with Gasteiger partial charge in [0.1, 0.15) is 11.4 Å². The molecule has 0 radical (unpaired) electrons. The third-order valence-electron chi connectivity index (χ3n) is 7.41. The summed E-state index contributed by atoms with van der Waals surface area (Å²) < 4.78 is 2.36. The molecule has 1 saturated heterocycles. The molecule has 2 amide bonds. The van der Waals surface area contributed by atoms with Gasteiger partial charge in [-0.2, -0.15) is 0 Å². The summed E-state index contributed by atoms with van der Waals surface area (Å²) in [5.41, 5.74) is 5.68. The van der Waals surface area contributed by atoms with Crippen LogP contribution in [0.5, 0.6) is 0 Å². The molecule has 3 aromatic carbocycles. The van der Waals surface area contributed by atoms with Gasteiger partial charge in [-0.25, -0.2) is 0 Å². The number of benzene rings is 3. The van der Waals surface area contributed by atoms with E-state index >= 15 is 0 Å². The lowest BCUT2D eigenvalue weighted by Crippen LogP contribution is -2.47. The van der Waals surface area contributed by atoms with Crippen molar-refractivity contribution in [2.75, 3.05) is 32.9 Å². The summed E-state index contributed by atoms with van der Waals surface area (Å²) in [6.07, 6.45) is 2.37. The largest absolute Gasteiger partial charge is 0.345 e. The summed E-state index contributed by atoms with van der Waals surface area (Å²) in [5.74, 6) is 1.69. The summed E-state index contributed by atoms with van der Waals surface area (Å²) in [6.45, 7) is 3.73. The number of aryl methyl sites for hydroxylation is 2. The van der Waals surface area contributed by atoms with E-state index in [2.05, 4.69) is 46.9 Å². The van der Waals surface area contributed by atoms with E-state index in [9.17, 15) is 9.59 Å². The standard InChI is InChI=1S/C31H34N4O2S/c1-22-20-27(29(36)34(2)3)13-12-23(22)14-19-38-35-17-15-31(16-18-35)30(37)32-28(33-31)26-11-7-10-25(21-26)24-8-5-4-6-9-24/h4-13,20-21H,14-19H2,1-3H3,(H,32,33,37). The first-order valence-electron chi connectivity index (χ1n) is 13.1. The molecule has 0 unspecified atom stereocenters. The number of carbonyl (C=O) groups is 2. The summed E-state index contributed by atoms with van der Waals surface area (Å²) in [4.78, 5) is 31.8. The molecule has 6 nitrogen and oxygen atoms in total. The maximum atomic E-state index is 13.1. The normalized spacial score (nSPS) is 16.8. The molecule has 1 spiro atoms. The Balaban J connectivity index is 1.17. The molecule has 2 aliphatic heterocycles. The molecule has 0 atom stereocenters. The van der Waals surface area contributed by atoms with Gasteiger partial charge in [0.2, 0.25) is 0 Å². The van der Waals surface area contributed by atoms with Gasteiger partial charge in [-0.05, 0) is 66.6 Å². The fourth-order valence-corrected chi connectivity index (χ4v) is 6.12. The number of carbonyl (C=O) groups excluding carboxylic acids is 2. The number of piperidine rings is 1. The summed E-state index contributed by atoms with van der Waals surface area (Å²) in [5, 5.41) is 3.07. The number of hydrogen-bond acceptors (Lipinski definition) is 5. The van der Waals surface area contributed by atoms with Gasteiger partial charge in [-0.1, -0.05) is 66.5 Å². The Labute approximate surface area is 229 Å². The van der Waals surface area contributed by atoms with Crippen LogP contribution in [0.4, 0.5) is 0 Å². The average Bonchev–Trinajstić information content (AvgIpc) is 3.26. The molecule has 7 heteroatoms. The van der Waals surface area contributed by atoms with Crippen LogP contribution in [0.15, 0.2) is 77.8 Å². The van der Waals surface area contributed by atoms with Crippen molar-refractivity contribution in [2.45, 2.75) is 31.7 Å². The van der Waals surface area contributed by atoms with Crippen LogP contribution >= 0.6 is 11.9 Å². The fraction of sp³-hybridized carbons (Fsp3) is 0.323. The van der Waals surface area contributed by atoms with Crippen LogP contribution in [0.1, 0.15) is 39.9 Å². The Morgan fingerprint density at radius 3 is 2.39 bits per heavy atom. The highest BCUT2D eigenvalue weighted by Gasteiger charge is 2.46. The second-order valence-corrected chi connectivity index (χ2v) is 11.4. The van der Waals surface area contributed by atoms with Gasteiger partial charge < -0.3 is 10.2 Å². The molecule has 5 rings (SSSR count). The zero-order valence-corrected chi connectivity index (χ0v) is 23.1. The molecule has 0 bridgehead atoms. The molecule has 0 saturated carbocycles. The lowest BCUT2D eigenvalue weighted by atomic mass is 9.89. The van der Waals surface area contributed by atoms with E-state index in [4.69, 9.17) is 4.99 Å². The van der Waals surface area contributed by atoms with Crippen molar-refractivity contribution < 1.29 is 9.59 Å². The van der Waals surface area contributed by atoms with E-state index in [1.54, 1.807) is 19.0 Å². The molecule has 38 heavy (non-hydrogen) atoms. The highest BCUT2D eigenvalue weighted by atomic mass is 32.2. The lowest BCUT2D eigenvalue weighted by molar-refractivity contribution is -0.124. The molecule has 0 aromatic heterocycles. The van der Waals surface area contributed by atoms with Crippen LogP contribution < -0.4 is 5.32 Å². The monoisotopic (exact) mass is 526 g/mol. The lowest BCUT2D eigenvalue weighted by Gasteiger charge is -2.34.